The number of hydrogen-bond acceptors (Lipinski definition) is 3. The summed E-state index contributed by atoms with van der Waals surface area (Å²) < 4.78 is 27.7. The highest BCUT2D eigenvalue weighted by Gasteiger charge is 2.16. The van der Waals surface area contributed by atoms with Crippen LogP contribution in [0.3, 0.4) is 0 Å². The van der Waals surface area contributed by atoms with Crippen molar-refractivity contribution in [1.82, 2.24) is 15.0 Å². The Kier molecular flexibility index (Phi) is 3.16. The third kappa shape index (κ3) is 2.25. The van der Waals surface area contributed by atoms with Crippen LogP contribution in [0.1, 0.15) is 0 Å². The lowest BCUT2D eigenvalue weighted by Crippen LogP contribution is -1.99. The zero-order valence-corrected chi connectivity index (χ0v) is 10.3. The zero-order valence-electron chi connectivity index (χ0n) is 10.3. The molecule has 3 rings (SSSR count). The van der Waals surface area contributed by atoms with E-state index in [-0.39, 0.29) is 11.4 Å². The molecule has 0 aromatic carbocycles. The van der Waals surface area contributed by atoms with Gasteiger partial charge in [0.05, 0.1) is 11.4 Å². The van der Waals surface area contributed by atoms with E-state index in [0.29, 0.717) is 11.4 Å². The molecule has 3 aromatic heterocycles. The number of halogens is 2. The summed E-state index contributed by atoms with van der Waals surface area (Å²) in [4.78, 5) is 12.1. The van der Waals surface area contributed by atoms with Gasteiger partial charge in [-0.15, -0.1) is 0 Å². The number of rotatable bonds is 2. The summed E-state index contributed by atoms with van der Waals surface area (Å²) in [6.07, 6.45) is 3.06. The standard InChI is InChI=1S/C15H9F2N3/c16-10-9-11(17)15(13-6-2-4-8-19-13)20-14(10)12-5-1-3-7-18-12/h1-9H. The maximum absolute atomic E-state index is 13.9. The highest BCUT2D eigenvalue weighted by atomic mass is 19.1. The topological polar surface area (TPSA) is 38.7 Å². The van der Waals surface area contributed by atoms with E-state index in [1.165, 1.54) is 12.4 Å². The maximum atomic E-state index is 13.9. The first-order valence-corrected chi connectivity index (χ1v) is 5.94. The highest BCUT2D eigenvalue weighted by molar-refractivity contribution is 5.62. The van der Waals surface area contributed by atoms with E-state index in [1.807, 2.05) is 0 Å². The smallest absolute Gasteiger partial charge is 0.154 e. The summed E-state index contributed by atoms with van der Waals surface area (Å²) in [7, 11) is 0. The van der Waals surface area contributed by atoms with Gasteiger partial charge in [0.15, 0.2) is 11.6 Å². The zero-order chi connectivity index (χ0) is 13.9. The fourth-order valence-corrected chi connectivity index (χ4v) is 1.83. The van der Waals surface area contributed by atoms with Crippen molar-refractivity contribution in [3.05, 3.63) is 66.5 Å². The van der Waals surface area contributed by atoms with Crippen molar-refractivity contribution >= 4 is 0 Å². The minimum absolute atomic E-state index is 0.00709. The Balaban J connectivity index is 2.19. The first-order valence-electron chi connectivity index (χ1n) is 5.94. The van der Waals surface area contributed by atoms with Crippen LogP contribution in [0.4, 0.5) is 8.78 Å². The van der Waals surface area contributed by atoms with Gasteiger partial charge in [-0.05, 0) is 24.3 Å². The lowest BCUT2D eigenvalue weighted by molar-refractivity contribution is 0.578. The maximum Gasteiger partial charge on any atom is 0.154 e. The van der Waals surface area contributed by atoms with Crippen LogP contribution in [0, 0.1) is 11.6 Å². The van der Waals surface area contributed by atoms with Crippen molar-refractivity contribution in [2.45, 2.75) is 0 Å². The summed E-state index contributed by atoms with van der Waals surface area (Å²) >= 11 is 0. The van der Waals surface area contributed by atoms with Crippen LogP contribution in [0.25, 0.3) is 22.8 Å². The largest absolute Gasteiger partial charge is 0.255 e. The summed E-state index contributed by atoms with van der Waals surface area (Å²) in [6.45, 7) is 0. The average molecular weight is 269 g/mol. The second kappa shape index (κ2) is 5.13. The molecule has 3 nitrogen and oxygen atoms in total. The van der Waals surface area contributed by atoms with Crippen molar-refractivity contribution in [3.63, 3.8) is 0 Å². The van der Waals surface area contributed by atoms with Crippen molar-refractivity contribution < 1.29 is 8.78 Å². The minimum atomic E-state index is -0.749. The second-order valence-corrected chi connectivity index (χ2v) is 4.08. The molecule has 5 heteroatoms. The molecule has 20 heavy (non-hydrogen) atoms. The fraction of sp³-hybridized carbons (Fsp3) is 0. The minimum Gasteiger partial charge on any atom is -0.255 e. The van der Waals surface area contributed by atoms with Crippen LogP contribution in [0.15, 0.2) is 54.9 Å². The fourth-order valence-electron chi connectivity index (χ4n) is 1.83. The van der Waals surface area contributed by atoms with E-state index in [9.17, 15) is 8.78 Å². The van der Waals surface area contributed by atoms with Gasteiger partial charge in [-0.2, -0.15) is 0 Å². The van der Waals surface area contributed by atoms with Gasteiger partial charge < -0.3 is 0 Å². The molecule has 0 fully saturated rings. The normalized spacial score (nSPS) is 10.5. The van der Waals surface area contributed by atoms with Crippen molar-refractivity contribution in [2.24, 2.45) is 0 Å². The Morgan fingerprint density at radius 1 is 0.700 bits per heavy atom. The van der Waals surface area contributed by atoms with E-state index in [2.05, 4.69) is 15.0 Å². The van der Waals surface area contributed by atoms with Gasteiger partial charge in [0, 0.05) is 18.5 Å². The number of nitrogens with zero attached hydrogens (tertiary/aromatic N) is 3. The molecule has 3 heterocycles. The molecule has 0 atom stereocenters. The van der Waals surface area contributed by atoms with Gasteiger partial charge in [0.2, 0.25) is 0 Å². The Morgan fingerprint density at radius 3 is 1.60 bits per heavy atom. The first-order chi connectivity index (χ1) is 9.75. The molecule has 0 aliphatic heterocycles. The lowest BCUT2D eigenvalue weighted by atomic mass is 10.2. The first kappa shape index (κ1) is 12.3. The van der Waals surface area contributed by atoms with Crippen LogP contribution < -0.4 is 0 Å². The van der Waals surface area contributed by atoms with Crippen LogP contribution in [-0.4, -0.2) is 15.0 Å². The molecule has 0 spiro atoms. The molecule has 0 radical (unpaired) electrons. The molecule has 0 bridgehead atoms. The second-order valence-electron chi connectivity index (χ2n) is 4.08. The summed E-state index contributed by atoms with van der Waals surface area (Å²) in [5.74, 6) is -1.50. The predicted molar refractivity (Wildman–Crippen MR) is 70.6 cm³/mol. The van der Waals surface area contributed by atoms with Gasteiger partial charge in [-0.3, -0.25) is 9.97 Å². The molecule has 0 saturated heterocycles. The molecule has 0 aliphatic carbocycles. The van der Waals surface area contributed by atoms with E-state index >= 15 is 0 Å². The number of aromatic nitrogens is 3. The van der Waals surface area contributed by atoms with Crippen LogP contribution in [-0.2, 0) is 0 Å². The molecule has 0 unspecified atom stereocenters. The molecule has 0 saturated carbocycles. The summed E-state index contributed by atoms with van der Waals surface area (Å²) in [5.41, 5.74) is 0.713. The van der Waals surface area contributed by atoms with Gasteiger partial charge in [0.25, 0.3) is 0 Å². The van der Waals surface area contributed by atoms with Gasteiger partial charge in [-0.1, -0.05) is 12.1 Å². The lowest BCUT2D eigenvalue weighted by Gasteiger charge is -2.06. The van der Waals surface area contributed by atoms with Gasteiger partial charge in [-0.25, -0.2) is 13.8 Å². The quantitative estimate of drug-likeness (QED) is 0.715. The van der Waals surface area contributed by atoms with Crippen molar-refractivity contribution in [1.29, 1.82) is 0 Å². The van der Waals surface area contributed by atoms with Crippen LogP contribution >= 0.6 is 0 Å². The van der Waals surface area contributed by atoms with Gasteiger partial charge >= 0.3 is 0 Å². The molecular weight excluding hydrogens is 260 g/mol. The van der Waals surface area contributed by atoms with E-state index in [4.69, 9.17) is 0 Å². The molecule has 0 amide bonds. The van der Waals surface area contributed by atoms with Crippen molar-refractivity contribution in [2.75, 3.05) is 0 Å². The van der Waals surface area contributed by atoms with Crippen molar-refractivity contribution in [3.8, 4) is 22.8 Å². The van der Waals surface area contributed by atoms with Crippen LogP contribution in [0.5, 0.6) is 0 Å². The third-order valence-electron chi connectivity index (χ3n) is 2.74. The third-order valence-corrected chi connectivity index (χ3v) is 2.74. The van der Waals surface area contributed by atoms with E-state index < -0.39 is 11.6 Å². The van der Waals surface area contributed by atoms with Crippen LogP contribution in [0.2, 0.25) is 0 Å². The molecular formula is C15H9F2N3. The summed E-state index contributed by atoms with van der Waals surface area (Å²) in [5, 5.41) is 0. The van der Waals surface area contributed by atoms with E-state index in [1.54, 1.807) is 36.4 Å². The Labute approximate surface area is 114 Å². The number of hydrogen-bond donors (Lipinski definition) is 0. The molecule has 0 aliphatic rings. The monoisotopic (exact) mass is 269 g/mol. The molecule has 0 N–H and O–H groups in total. The Morgan fingerprint density at radius 2 is 1.20 bits per heavy atom. The highest BCUT2D eigenvalue weighted by Crippen LogP contribution is 2.25. The molecule has 98 valence electrons. The SMILES string of the molecule is Fc1cc(F)c(-c2ccccn2)nc1-c1ccccn1. The summed E-state index contributed by atoms with van der Waals surface area (Å²) in [6, 6.07) is 10.9. The van der Waals surface area contributed by atoms with Gasteiger partial charge in [0.1, 0.15) is 11.4 Å². The molecule has 3 aromatic rings. The Bertz CT molecular complexity index is 670. The average Bonchev–Trinajstić information content (AvgIpc) is 2.49. The number of pyridine rings is 3. The Hall–Kier alpha value is -2.69. The van der Waals surface area contributed by atoms with E-state index in [0.717, 1.165) is 6.07 Å². The predicted octanol–water partition coefficient (Wildman–Crippen LogP) is 3.48.